The van der Waals surface area contributed by atoms with Gasteiger partial charge in [-0.15, -0.1) is 11.3 Å². The first kappa shape index (κ1) is 16.9. The van der Waals surface area contributed by atoms with E-state index in [0.29, 0.717) is 19.1 Å². The third-order valence-electron chi connectivity index (χ3n) is 5.42. The van der Waals surface area contributed by atoms with E-state index in [2.05, 4.69) is 30.0 Å². The van der Waals surface area contributed by atoms with Crippen molar-refractivity contribution in [1.29, 1.82) is 0 Å². The van der Waals surface area contributed by atoms with Crippen LogP contribution in [-0.2, 0) is 9.53 Å². The van der Waals surface area contributed by atoms with Crippen LogP contribution >= 0.6 is 11.3 Å². The summed E-state index contributed by atoms with van der Waals surface area (Å²) in [6, 6.07) is 8.33. The number of benzene rings is 1. The summed E-state index contributed by atoms with van der Waals surface area (Å²) < 4.78 is 6.62. The Bertz CT molecular complexity index is 700. The molecule has 4 rings (SSSR count). The smallest absolute Gasteiger partial charge is 0.239 e. The maximum absolute atomic E-state index is 12.7. The molecule has 6 heteroatoms. The summed E-state index contributed by atoms with van der Waals surface area (Å²) in [6.45, 7) is 6.78. The molecule has 1 amide bonds. The topological polar surface area (TPSA) is 45.7 Å². The Hall–Kier alpha value is -1.50. The van der Waals surface area contributed by atoms with E-state index < -0.39 is 0 Å². The number of likely N-dealkylation sites (tertiary alicyclic amines) is 1. The van der Waals surface area contributed by atoms with Crippen molar-refractivity contribution in [2.45, 2.75) is 31.7 Å². The highest BCUT2D eigenvalue weighted by Gasteiger charge is 2.31. The molecule has 1 unspecified atom stereocenters. The molecule has 0 spiro atoms. The van der Waals surface area contributed by atoms with Crippen LogP contribution in [0.15, 0.2) is 24.3 Å². The lowest BCUT2D eigenvalue weighted by Crippen LogP contribution is -2.52. The molecular formula is C19H25N3O2S. The zero-order valence-electron chi connectivity index (χ0n) is 14.7. The number of piperidine rings is 1. The Morgan fingerprint density at radius 3 is 2.64 bits per heavy atom. The summed E-state index contributed by atoms with van der Waals surface area (Å²) in [7, 11) is 0. The van der Waals surface area contributed by atoms with Crippen LogP contribution < -0.4 is 0 Å². The molecule has 0 aliphatic carbocycles. The van der Waals surface area contributed by atoms with E-state index in [1.165, 1.54) is 9.71 Å². The fourth-order valence-electron chi connectivity index (χ4n) is 3.80. The van der Waals surface area contributed by atoms with Crippen LogP contribution in [0.25, 0.3) is 10.2 Å². The zero-order chi connectivity index (χ0) is 17.2. The van der Waals surface area contributed by atoms with Crippen LogP contribution in [0.2, 0.25) is 0 Å². The maximum atomic E-state index is 12.7. The van der Waals surface area contributed by atoms with E-state index in [1.807, 2.05) is 22.3 Å². The minimum atomic E-state index is -0.0329. The van der Waals surface area contributed by atoms with Gasteiger partial charge < -0.3 is 9.64 Å². The van der Waals surface area contributed by atoms with Crippen LogP contribution in [0.5, 0.6) is 0 Å². The van der Waals surface area contributed by atoms with E-state index in [0.717, 1.165) is 44.5 Å². The Morgan fingerprint density at radius 2 is 1.92 bits per heavy atom. The summed E-state index contributed by atoms with van der Waals surface area (Å²) in [4.78, 5) is 21.8. The average Bonchev–Trinajstić information content (AvgIpc) is 3.12. The van der Waals surface area contributed by atoms with Crippen LogP contribution in [0, 0.1) is 0 Å². The van der Waals surface area contributed by atoms with Gasteiger partial charge in [0.05, 0.1) is 34.5 Å². The summed E-state index contributed by atoms with van der Waals surface area (Å²) in [5.74, 6) is 0.779. The van der Waals surface area contributed by atoms with Crippen molar-refractivity contribution in [3.05, 3.63) is 29.3 Å². The molecule has 3 heterocycles. The predicted octanol–water partition coefficient (Wildman–Crippen LogP) is 2.72. The second-order valence-electron chi connectivity index (χ2n) is 6.94. The molecule has 134 valence electrons. The number of ether oxygens (including phenoxy) is 1. The van der Waals surface area contributed by atoms with Gasteiger partial charge in [-0.1, -0.05) is 12.1 Å². The fourth-order valence-corrected chi connectivity index (χ4v) is 4.94. The minimum Gasteiger partial charge on any atom is -0.378 e. The Kier molecular flexibility index (Phi) is 5.01. The van der Waals surface area contributed by atoms with Gasteiger partial charge in [-0.3, -0.25) is 9.69 Å². The molecular weight excluding hydrogens is 334 g/mol. The number of para-hydroxylation sites is 1. The molecule has 1 aromatic heterocycles. The fraction of sp³-hybridized carbons (Fsp3) is 0.579. The SMILES string of the molecule is CC(C(=O)N1CCOCC1)N1CCC(c2nc3ccccc3s2)CC1. The van der Waals surface area contributed by atoms with Crippen LogP contribution in [-0.4, -0.2) is 66.1 Å². The van der Waals surface area contributed by atoms with E-state index in [-0.39, 0.29) is 11.9 Å². The van der Waals surface area contributed by atoms with E-state index in [4.69, 9.17) is 9.72 Å². The van der Waals surface area contributed by atoms with E-state index >= 15 is 0 Å². The monoisotopic (exact) mass is 359 g/mol. The lowest BCUT2D eigenvalue weighted by Gasteiger charge is -2.37. The predicted molar refractivity (Wildman–Crippen MR) is 100 cm³/mol. The summed E-state index contributed by atoms with van der Waals surface area (Å²) >= 11 is 1.82. The van der Waals surface area contributed by atoms with Gasteiger partial charge in [0, 0.05) is 19.0 Å². The number of carbonyl (C=O) groups excluding carboxylic acids is 1. The van der Waals surface area contributed by atoms with Crippen molar-refractivity contribution < 1.29 is 9.53 Å². The van der Waals surface area contributed by atoms with Crippen molar-refractivity contribution in [2.75, 3.05) is 39.4 Å². The molecule has 5 nitrogen and oxygen atoms in total. The quantitative estimate of drug-likeness (QED) is 0.845. The summed E-state index contributed by atoms with van der Waals surface area (Å²) in [5, 5.41) is 1.26. The van der Waals surface area contributed by atoms with Gasteiger partial charge in [0.15, 0.2) is 0 Å². The van der Waals surface area contributed by atoms with Gasteiger partial charge in [-0.2, -0.15) is 0 Å². The third kappa shape index (κ3) is 3.57. The van der Waals surface area contributed by atoms with E-state index in [9.17, 15) is 4.79 Å². The first-order valence-electron chi connectivity index (χ1n) is 9.18. The molecule has 0 saturated carbocycles. The molecule has 2 aliphatic rings. The lowest BCUT2D eigenvalue weighted by molar-refractivity contribution is -0.140. The number of fused-ring (bicyclic) bond motifs is 1. The zero-order valence-corrected chi connectivity index (χ0v) is 15.5. The number of hydrogen-bond donors (Lipinski definition) is 0. The van der Waals surface area contributed by atoms with E-state index in [1.54, 1.807) is 0 Å². The lowest BCUT2D eigenvalue weighted by atomic mass is 9.96. The number of carbonyl (C=O) groups is 1. The second-order valence-corrected chi connectivity index (χ2v) is 8.01. The number of aromatic nitrogens is 1. The van der Waals surface area contributed by atoms with Gasteiger partial charge in [0.2, 0.25) is 5.91 Å². The van der Waals surface area contributed by atoms with Crippen LogP contribution in [0.4, 0.5) is 0 Å². The normalized spacial score (nSPS) is 21.6. The van der Waals surface area contributed by atoms with Crippen LogP contribution in [0.3, 0.4) is 0 Å². The average molecular weight is 359 g/mol. The number of rotatable bonds is 3. The molecule has 0 radical (unpaired) electrons. The Morgan fingerprint density at radius 1 is 1.20 bits per heavy atom. The standard InChI is InChI=1S/C19H25N3O2S/c1-14(19(23)22-10-12-24-13-11-22)21-8-6-15(7-9-21)18-20-16-4-2-3-5-17(16)25-18/h2-5,14-15H,6-13H2,1H3. The Labute approximate surface area is 152 Å². The Balaban J connectivity index is 1.36. The van der Waals surface area contributed by atoms with Gasteiger partial charge in [0.1, 0.15) is 0 Å². The third-order valence-corrected chi connectivity index (χ3v) is 6.62. The molecule has 1 atom stereocenters. The molecule has 0 N–H and O–H groups in total. The van der Waals surface area contributed by atoms with Crippen LogP contribution in [0.1, 0.15) is 30.7 Å². The van der Waals surface area contributed by atoms with Crippen molar-refractivity contribution in [3.63, 3.8) is 0 Å². The first-order chi connectivity index (χ1) is 12.2. The molecule has 2 aromatic rings. The number of morpholine rings is 1. The molecule has 1 aromatic carbocycles. The molecule has 2 fully saturated rings. The van der Waals surface area contributed by atoms with Gasteiger partial charge >= 0.3 is 0 Å². The molecule has 25 heavy (non-hydrogen) atoms. The van der Waals surface area contributed by atoms with Gasteiger partial charge in [-0.05, 0) is 45.0 Å². The molecule has 2 saturated heterocycles. The number of thiazole rings is 1. The van der Waals surface area contributed by atoms with Crippen molar-refractivity contribution >= 4 is 27.5 Å². The summed E-state index contributed by atoms with van der Waals surface area (Å²) in [6.07, 6.45) is 2.17. The number of amides is 1. The maximum Gasteiger partial charge on any atom is 0.239 e. The van der Waals surface area contributed by atoms with Crippen molar-refractivity contribution in [2.24, 2.45) is 0 Å². The van der Waals surface area contributed by atoms with Crippen molar-refractivity contribution in [1.82, 2.24) is 14.8 Å². The largest absolute Gasteiger partial charge is 0.378 e. The second kappa shape index (κ2) is 7.40. The minimum absolute atomic E-state index is 0.0329. The van der Waals surface area contributed by atoms with Gasteiger partial charge in [-0.25, -0.2) is 4.98 Å². The number of hydrogen-bond acceptors (Lipinski definition) is 5. The first-order valence-corrected chi connectivity index (χ1v) is 10.00. The van der Waals surface area contributed by atoms with Crippen molar-refractivity contribution in [3.8, 4) is 0 Å². The summed E-state index contributed by atoms with van der Waals surface area (Å²) in [5.41, 5.74) is 1.11. The van der Waals surface area contributed by atoms with Gasteiger partial charge in [0.25, 0.3) is 0 Å². The highest BCUT2D eigenvalue weighted by Crippen LogP contribution is 2.34. The molecule has 2 aliphatic heterocycles. The highest BCUT2D eigenvalue weighted by atomic mass is 32.1. The highest BCUT2D eigenvalue weighted by molar-refractivity contribution is 7.18. The number of nitrogens with zero attached hydrogens (tertiary/aromatic N) is 3. The molecule has 0 bridgehead atoms.